The molecule has 146 valence electrons. The number of ether oxygens (including phenoxy) is 3. The number of fused-ring (bicyclic) bond motifs is 2. The van der Waals surface area contributed by atoms with E-state index in [1.807, 2.05) is 6.07 Å². The molecule has 1 aromatic carbocycles. The van der Waals surface area contributed by atoms with Gasteiger partial charge in [0.2, 0.25) is 6.79 Å². The van der Waals surface area contributed by atoms with Crippen molar-refractivity contribution in [1.82, 2.24) is 4.90 Å². The third kappa shape index (κ3) is 1.34. The van der Waals surface area contributed by atoms with Gasteiger partial charge in [0.1, 0.15) is 11.2 Å². The monoisotopic (exact) mass is 385 g/mol. The lowest BCUT2D eigenvalue weighted by molar-refractivity contribution is -0.174. The van der Waals surface area contributed by atoms with Crippen molar-refractivity contribution in [3.63, 3.8) is 0 Å². The highest BCUT2D eigenvalue weighted by Crippen LogP contribution is 2.76. The van der Waals surface area contributed by atoms with E-state index < -0.39 is 34.3 Å². The van der Waals surface area contributed by atoms with Gasteiger partial charge in [0.05, 0.1) is 12.6 Å². The minimum Gasteiger partial charge on any atom is -0.468 e. The van der Waals surface area contributed by atoms with Crippen molar-refractivity contribution in [3.8, 4) is 11.5 Å². The standard InChI is InChI=1S/C20H19NO7/c1-26-17(24)18-8-13(22)12-7-19(18,25)16(23)21-4-2-3-10-5-14-15(28-9-27-14)6-11(10)20(12,18)21/h5-6,12,25H,2-4,7-9H2,1H3/t12-,18+,19-,20?/m0/s1. The summed E-state index contributed by atoms with van der Waals surface area (Å²) >= 11 is 0. The van der Waals surface area contributed by atoms with Crippen molar-refractivity contribution >= 4 is 17.7 Å². The Hall–Kier alpha value is -2.61. The minimum atomic E-state index is -1.93. The normalized spacial score (nSPS) is 39.1. The number of benzene rings is 1. The predicted octanol–water partition coefficient (Wildman–Crippen LogP) is 0.282. The molecule has 1 spiro atoms. The Labute approximate surface area is 160 Å². The van der Waals surface area contributed by atoms with Crippen LogP contribution in [0.15, 0.2) is 12.1 Å². The van der Waals surface area contributed by atoms with E-state index in [9.17, 15) is 19.5 Å². The van der Waals surface area contributed by atoms with E-state index in [0.29, 0.717) is 36.4 Å². The zero-order chi connectivity index (χ0) is 19.5. The molecule has 1 unspecified atom stereocenters. The van der Waals surface area contributed by atoms with Gasteiger partial charge in [-0.3, -0.25) is 14.4 Å². The van der Waals surface area contributed by atoms with Crippen molar-refractivity contribution in [1.29, 1.82) is 0 Å². The van der Waals surface area contributed by atoms with Gasteiger partial charge in [-0.15, -0.1) is 0 Å². The Kier molecular flexibility index (Phi) is 2.73. The number of hydrogen-bond donors (Lipinski definition) is 1. The first-order valence-electron chi connectivity index (χ1n) is 9.50. The fourth-order valence-electron chi connectivity index (χ4n) is 6.70. The van der Waals surface area contributed by atoms with Gasteiger partial charge in [-0.2, -0.15) is 0 Å². The molecule has 1 saturated heterocycles. The Bertz CT molecular complexity index is 989. The van der Waals surface area contributed by atoms with Crippen LogP contribution in [-0.4, -0.2) is 53.7 Å². The predicted molar refractivity (Wildman–Crippen MR) is 91.4 cm³/mol. The SMILES string of the molecule is COC(=O)[C@]12CC(=O)[C@@H]3C[C@]1(O)C(=O)N1CCCc4cc5c(cc4C312)OCO5. The summed E-state index contributed by atoms with van der Waals surface area (Å²) in [6.07, 6.45) is 1.09. The maximum atomic E-state index is 13.3. The zero-order valence-corrected chi connectivity index (χ0v) is 15.3. The van der Waals surface area contributed by atoms with Crippen LogP contribution in [0.25, 0.3) is 0 Å². The number of nitrogens with zero attached hydrogens (tertiary/aromatic N) is 1. The lowest BCUT2D eigenvalue weighted by atomic mass is 9.65. The van der Waals surface area contributed by atoms with Gasteiger partial charge in [-0.25, -0.2) is 0 Å². The van der Waals surface area contributed by atoms with Gasteiger partial charge < -0.3 is 24.2 Å². The van der Waals surface area contributed by atoms with Crippen LogP contribution in [0.4, 0.5) is 0 Å². The number of rotatable bonds is 1. The highest BCUT2D eigenvalue weighted by Gasteiger charge is 2.91. The molecule has 1 aromatic rings. The second-order valence-corrected chi connectivity index (χ2v) is 8.35. The maximum Gasteiger partial charge on any atom is 0.318 e. The van der Waals surface area contributed by atoms with Gasteiger partial charge in [0, 0.05) is 18.9 Å². The molecule has 1 amide bonds. The number of aliphatic hydroxyl groups is 1. The fraction of sp³-hybridized carbons (Fsp3) is 0.550. The molecular formula is C20H19NO7. The van der Waals surface area contributed by atoms with Gasteiger partial charge in [-0.1, -0.05) is 0 Å². The molecule has 3 heterocycles. The van der Waals surface area contributed by atoms with E-state index in [0.717, 1.165) is 5.56 Å². The number of carbonyl (C=O) groups is 3. The van der Waals surface area contributed by atoms with Crippen LogP contribution in [-0.2, 0) is 31.1 Å². The lowest BCUT2D eigenvalue weighted by Gasteiger charge is -2.43. The number of hydrogen-bond acceptors (Lipinski definition) is 7. The number of methoxy groups -OCH3 is 1. The van der Waals surface area contributed by atoms with E-state index >= 15 is 0 Å². The summed E-state index contributed by atoms with van der Waals surface area (Å²) in [7, 11) is 1.23. The highest BCUT2D eigenvalue weighted by molar-refractivity contribution is 6.10. The van der Waals surface area contributed by atoms with Gasteiger partial charge in [-0.05, 0) is 42.5 Å². The Morgan fingerprint density at radius 3 is 2.79 bits per heavy atom. The van der Waals surface area contributed by atoms with Crippen LogP contribution in [0.3, 0.4) is 0 Å². The first-order valence-corrected chi connectivity index (χ1v) is 9.50. The summed E-state index contributed by atoms with van der Waals surface area (Å²) < 4.78 is 16.2. The van der Waals surface area contributed by atoms with Crippen molar-refractivity contribution < 1.29 is 33.7 Å². The number of carbonyl (C=O) groups excluding carboxylic acids is 3. The van der Waals surface area contributed by atoms with Crippen molar-refractivity contribution in [2.45, 2.75) is 36.8 Å². The molecule has 1 N–H and O–H groups in total. The third-order valence-electron chi connectivity index (χ3n) is 7.58. The van der Waals surface area contributed by atoms with Crippen molar-refractivity contribution in [2.24, 2.45) is 11.3 Å². The maximum absolute atomic E-state index is 13.3. The Balaban J connectivity index is 1.74. The first kappa shape index (κ1) is 16.4. The third-order valence-corrected chi connectivity index (χ3v) is 7.58. The average molecular weight is 385 g/mol. The molecule has 4 atom stereocenters. The van der Waals surface area contributed by atoms with Crippen LogP contribution in [0, 0.1) is 11.3 Å². The van der Waals surface area contributed by atoms with Crippen LogP contribution in [0.5, 0.6) is 11.5 Å². The first-order chi connectivity index (χ1) is 13.4. The van der Waals surface area contributed by atoms with Crippen molar-refractivity contribution in [2.75, 3.05) is 20.4 Å². The summed E-state index contributed by atoms with van der Waals surface area (Å²) in [5, 5.41) is 11.5. The molecule has 8 nitrogen and oxygen atoms in total. The van der Waals surface area contributed by atoms with Gasteiger partial charge in [0.15, 0.2) is 17.1 Å². The molecule has 4 bridgehead atoms. The highest BCUT2D eigenvalue weighted by atomic mass is 16.7. The Morgan fingerprint density at radius 2 is 2.04 bits per heavy atom. The van der Waals surface area contributed by atoms with Crippen LogP contribution >= 0.6 is 0 Å². The van der Waals surface area contributed by atoms with Gasteiger partial charge >= 0.3 is 5.97 Å². The quantitative estimate of drug-likeness (QED) is 0.693. The molecule has 8 heteroatoms. The molecule has 0 radical (unpaired) electrons. The van der Waals surface area contributed by atoms with Crippen LogP contribution < -0.4 is 9.47 Å². The smallest absolute Gasteiger partial charge is 0.318 e. The second kappa shape index (κ2) is 4.68. The number of Topliss-reactive ketones (excluding diaryl/α,β-unsaturated/α-hetero) is 1. The minimum absolute atomic E-state index is 0.0514. The van der Waals surface area contributed by atoms with Crippen LogP contribution in [0.2, 0.25) is 0 Å². The van der Waals surface area contributed by atoms with E-state index in [2.05, 4.69) is 0 Å². The molecular weight excluding hydrogens is 366 g/mol. The molecule has 2 saturated carbocycles. The number of ketones is 1. The zero-order valence-electron chi connectivity index (χ0n) is 15.3. The van der Waals surface area contributed by atoms with E-state index in [-0.39, 0.29) is 25.4 Å². The summed E-state index contributed by atoms with van der Waals surface area (Å²) in [6.45, 7) is 0.465. The number of aryl methyl sites for hydroxylation is 1. The van der Waals surface area contributed by atoms with E-state index in [4.69, 9.17) is 14.2 Å². The van der Waals surface area contributed by atoms with Crippen molar-refractivity contribution in [3.05, 3.63) is 23.3 Å². The topological polar surface area (TPSA) is 102 Å². The van der Waals surface area contributed by atoms with Gasteiger partial charge in [0.25, 0.3) is 5.91 Å². The summed E-state index contributed by atoms with van der Waals surface area (Å²) in [5.74, 6) is -0.801. The average Bonchev–Trinajstić information content (AvgIpc) is 3.29. The van der Waals surface area contributed by atoms with E-state index in [1.54, 1.807) is 11.0 Å². The fourth-order valence-corrected chi connectivity index (χ4v) is 6.70. The summed E-state index contributed by atoms with van der Waals surface area (Å²) in [6, 6.07) is 3.68. The number of esters is 1. The summed E-state index contributed by atoms with van der Waals surface area (Å²) in [5.41, 5.74) is -3.18. The number of amides is 1. The Morgan fingerprint density at radius 1 is 1.29 bits per heavy atom. The van der Waals surface area contributed by atoms with Crippen LogP contribution in [0.1, 0.15) is 30.4 Å². The summed E-state index contributed by atoms with van der Waals surface area (Å²) in [4.78, 5) is 41.1. The molecule has 3 aliphatic heterocycles. The molecule has 0 aromatic heterocycles. The van der Waals surface area contributed by atoms with E-state index in [1.165, 1.54) is 7.11 Å². The largest absolute Gasteiger partial charge is 0.468 e. The molecule has 6 rings (SSSR count). The molecule has 3 fully saturated rings. The second-order valence-electron chi connectivity index (χ2n) is 8.35. The molecule has 28 heavy (non-hydrogen) atoms. The molecule has 2 aliphatic carbocycles. The lowest BCUT2D eigenvalue weighted by Crippen LogP contribution is -2.55. The number of piperidine rings is 1. The molecule has 5 aliphatic rings.